The highest BCUT2D eigenvalue weighted by molar-refractivity contribution is 6.31. The molecule has 120 valence electrons. The molecule has 0 aliphatic carbocycles. The number of non-ortho nitro benzene ring substituents is 1. The van der Waals surface area contributed by atoms with Gasteiger partial charge in [0.2, 0.25) is 0 Å². The monoisotopic (exact) mass is 342 g/mol. The fraction of sp³-hybridized carbons (Fsp3) is 0.0769. The van der Waals surface area contributed by atoms with Gasteiger partial charge < -0.3 is 10.2 Å². The third kappa shape index (κ3) is 3.29. The second-order valence-corrected chi connectivity index (χ2v) is 5.00. The lowest BCUT2D eigenvalue weighted by molar-refractivity contribution is -0.385. The molecule has 0 aliphatic rings. The molecule has 23 heavy (non-hydrogen) atoms. The smallest absolute Gasteiger partial charge is 0.312 e. The molecule has 8 nitrogen and oxygen atoms in total. The molecule has 0 saturated heterocycles. The van der Waals surface area contributed by atoms with Crippen LogP contribution in [-0.2, 0) is 6.42 Å². The van der Waals surface area contributed by atoms with Crippen molar-refractivity contribution in [3.05, 3.63) is 66.5 Å². The van der Waals surface area contributed by atoms with E-state index in [4.69, 9.17) is 11.6 Å². The Hall–Kier alpha value is -2.94. The van der Waals surface area contributed by atoms with E-state index < -0.39 is 45.0 Å². The summed E-state index contributed by atoms with van der Waals surface area (Å²) in [5.74, 6) is -2.78. The van der Waals surface area contributed by atoms with Crippen molar-refractivity contribution in [2.24, 2.45) is 0 Å². The molecule has 0 amide bonds. The number of hydrogen-bond donors (Lipinski definition) is 2. The van der Waals surface area contributed by atoms with Crippen LogP contribution in [-0.4, -0.2) is 20.1 Å². The van der Waals surface area contributed by atoms with E-state index in [-0.39, 0.29) is 16.1 Å². The highest BCUT2D eigenvalue weighted by Crippen LogP contribution is 2.37. The van der Waals surface area contributed by atoms with Gasteiger partial charge in [-0.2, -0.15) is 0 Å². The number of nitrogens with zero attached hydrogens (tertiary/aromatic N) is 2. The molecule has 0 aromatic heterocycles. The van der Waals surface area contributed by atoms with Gasteiger partial charge in [-0.25, -0.2) is 4.39 Å². The van der Waals surface area contributed by atoms with Crippen LogP contribution in [0.4, 0.5) is 15.8 Å². The predicted molar refractivity (Wildman–Crippen MR) is 77.3 cm³/mol. The first-order chi connectivity index (χ1) is 10.7. The van der Waals surface area contributed by atoms with Crippen molar-refractivity contribution in [1.82, 2.24) is 0 Å². The van der Waals surface area contributed by atoms with Crippen LogP contribution in [0.1, 0.15) is 11.1 Å². The van der Waals surface area contributed by atoms with Crippen LogP contribution < -0.4 is 0 Å². The van der Waals surface area contributed by atoms with Crippen LogP contribution in [0, 0.1) is 26.0 Å². The van der Waals surface area contributed by atoms with E-state index in [9.17, 15) is 34.8 Å². The molecule has 2 N–H and O–H groups in total. The Labute approximate surface area is 132 Å². The normalized spacial score (nSPS) is 10.5. The quantitative estimate of drug-likeness (QED) is 0.648. The number of aromatic hydroxyl groups is 2. The molecule has 0 spiro atoms. The first kappa shape index (κ1) is 16.4. The van der Waals surface area contributed by atoms with Crippen molar-refractivity contribution in [2.45, 2.75) is 6.42 Å². The van der Waals surface area contributed by atoms with Gasteiger partial charge in [-0.05, 0) is 6.07 Å². The van der Waals surface area contributed by atoms with Gasteiger partial charge in [-0.15, -0.1) is 0 Å². The molecule has 0 atom stereocenters. The number of phenolic OH excluding ortho intramolecular Hbond substituents is 2. The van der Waals surface area contributed by atoms with E-state index >= 15 is 0 Å². The van der Waals surface area contributed by atoms with Crippen molar-refractivity contribution in [1.29, 1.82) is 0 Å². The summed E-state index contributed by atoms with van der Waals surface area (Å²) in [6.07, 6.45) is -0.391. The summed E-state index contributed by atoms with van der Waals surface area (Å²) in [6.45, 7) is 0. The van der Waals surface area contributed by atoms with Gasteiger partial charge in [0.25, 0.3) is 5.69 Å². The zero-order valence-corrected chi connectivity index (χ0v) is 12.0. The van der Waals surface area contributed by atoms with Crippen molar-refractivity contribution < 1.29 is 24.5 Å². The van der Waals surface area contributed by atoms with E-state index in [2.05, 4.69) is 0 Å². The Bertz CT molecular complexity index is 827. The minimum atomic E-state index is -1.22. The fourth-order valence-corrected chi connectivity index (χ4v) is 2.23. The molecule has 2 rings (SSSR count). The number of nitro groups is 2. The van der Waals surface area contributed by atoms with E-state index in [0.29, 0.717) is 6.07 Å². The molecule has 2 aromatic carbocycles. The Morgan fingerprint density at radius 2 is 1.61 bits per heavy atom. The van der Waals surface area contributed by atoms with Crippen LogP contribution in [0.15, 0.2) is 24.3 Å². The molecule has 0 fully saturated rings. The van der Waals surface area contributed by atoms with Gasteiger partial charge in [0.1, 0.15) is 0 Å². The number of hydrogen-bond acceptors (Lipinski definition) is 6. The molecule has 10 heteroatoms. The van der Waals surface area contributed by atoms with E-state index in [1.807, 2.05) is 0 Å². The van der Waals surface area contributed by atoms with Gasteiger partial charge in [0, 0.05) is 34.7 Å². The Balaban J connectivity index is 2.56. The molecular formula is C13H8ClFN2O6. The summed E-state index contributed by atoms with van der Waals surface area (Å²) < 4.78 is 13.5. The van der Waals surface area contributed by atoms with Crippen LogP contribution in [0.3, 0.4) is 0 Å². The second kappa shape index (κ2) is 6.05. The van der Waals surface area contributed by atoms with Crippen LogP contribution >= 0.6 is 11.6 Å². The highest BCUT2D eigenvalue weighted by Gasteiger charge is 2.22. The number of halogens is 2. The zero-order chi connectivity index (χ0) is 17.3. The topological polar surface area (TPSA) is 127 Å². The van der Waals surface area contributed by atoms with E-state index in [1.165, 1.54) is 6.07 Å². The number of benzene rings is 2. The van der Waals surface area contributed by atoms with Gasteiger partial charge >= 0.3 is 5.69 Å². The van der Waals surface area contributed by atoms with E-state index in [0.717, 1.165) is 12.1 Å². The predicted octanol–water partition coefficient (Wildman–Crippen LogP) is 3.30. The molecule has 0 unspecified atom stereocenters. The minimum absolute atomic E-state index is 0.0603. The van der Waals surface area contributed by atoms with Gasteiger partial charge in [0.15, 0.2) is 17.3 Å². The third-order valence-corrected chi connectivity index (χ3v) is 3.27. The SMILES string of the molecule is O=[N+]([O-])c1cc(F)c(O)c(Cc2cc(Cl)cc([N+](=O)[O-])c2O)c1. The summed E-state index contributed by atoms with van der Waals surface area (Å²) >= 11 is 5.72. The molecule has 0 radical (unpaired) electrons. The van der Waals surface area contributed by atoms with Gasteiger partial charge in [-0.1, -0.05) is 11.6 Å². The largest absolute Gasteiger partial charge is 0.505 e. The standard InChI is InChI=1S/C13H8ClFN2O6/c14-8-2-6(13(19)11(4-8)17(22)23)1-7-3-9(16(20)21)5-10(15)12(7)18/h2-5,18-19H,1H2. The molecule has 0 heterocycles. The molecule has 2 aromatic rings. The van der Waals surface area contributed by atoms with Crippen LogP contribution in [0.5, 0.6) is 11.5 Å². The van der Waals surface area contributed by atoms with Gasteiger partial charge in [-0.3, -0.25) is 20.2 Å². The number of phenols is 2. The Kier molecular flexibility index (Phi) is 4.32. The minimum Gasteiger partial charge on any atom is -0.505 e. The number of nitro benzene ring substituents is 2. The maximum atomic E-state index is 13.5. The average Bonchev–Trinajstić information content (AvgIpc) is 2.46. The Morgan fingerprint density at radius 3 is 2.17 bits per heavy atom. The summed E-state index contributed by atoms with van der Waals surface area (Å²) in [5, 5.41) is 41.0. The average molecular weight is 343 g/mol. The third-order valence-electron chi connectivity index (χ3n) is 3.05. The first-order valence-corrected chi connectivity index (χ1v) is 6.40. The molecular weight excluding hydrogens is 335 g/mol. The highest BCUT2D eigenvalue weighted by atomic mass is 35.5. The van der Waals surface area contributed by atoms with Crippen molar-refractivity contribution >= 4 is 23.0 Å². The lowest BCUT2D eigenvalue weighted by Crippen LogP contribution is -1.98. The summed E-state index contributed by atoms with van der Waals surface area (Å²) in [5.41, 5.74) is -1.58. The van der Waals surface area contributed by atoms with Crippen molar-refractivity contribution in [3.8, 4) is 11.5 Å². The Morgan fingerprint density at radius 1 is 1.00 bits per heavy atom. The fourth-order valence-electron chi connectivity index (χ4n) is 2.00. The molecule has 0 bridgehead atoms. The summed E-state index contributed by atoms with van der Waals surface area (Å²) in [6, 6.07) is 3.55. The van der Waals surface area contributed by atoms with Crippen LogP contribution in [0.25, 0.3) is 0 Å². The summed E-state index contributed by atoms with van der Waals surface area (Å²) in [4.78, 5) is 19.8. The molecule has 0 saturated carbocycles. The maximum Gasteiger partial charge on any atom is 0.312 e. The number of rotatable bonds is 4. The lowest BCUT2D eigenvalue weighted by atomic mass is 10.0. The van der Waals surface area contributed by atoms with E-state index in [1.54, 1.807) is 0 Å². The first-order valence-electron chi connectivity index (χ1n) is 6.02. The lowest BCUT2D eigenvalue weighted by Gasteiger charge is -2.08. The van der Waals surface area contributed by atoms with Gasteiger partial charge in [0.05, 0.1) is 15.9 Å². The van der Waals surface area contributed by atoms with Crippen molar-refractivity contribution in [2.75, 3.05) is 0 Å². The molecule has 0 aliphatic heterocycles. The maximum absolute atomic E-state index is 13.5. The zero-order valence-electron chi connectivity index (χ0n) is 11.2. The van der Waals surface area contributed by atoms with Crippen molar-refractivity contribution in [3.63, 3.8) is 0 Å². The second-order valence-electron chi connectivity index (χ2n) is 4.56. The van der Waals surface area contributed by atoms with Crippen LogP contribution in [0.2, 0.25) is 5.02 Å². The summed E-state index contributed by atoms with van der Waals surface area (Å²) in [7, 11) is 0.